The Morgan fingerprint density at radius 3 is 2.59 bits per heavy atom. The second kappa shape index (κ2) is 8.62. The van der Waals surface area contributed by atoms with E-state index in [9.17, 15) is 14.3 Å². The van der Waals surface area contributed by atoms with Crippen molar-refractivity contribution in [2.75, 3.05) is 0 Å². The summed E-state index contributed by atoms with van der Waals surface area (Å²) in [5.41, 5.74) is 1.85. The molecule has 1 aliphatic rings. The third-order valence-corrected chi connectivity index (χ3v) is 5.54. The lowest BCUT2D eigenvalue weighted by molar-refractivity contribution is 0.0738. The molecule has 2 atom stereocenters. The number of rotatable bonds is 5. The van der Waals surface area contributed by atoms with Crippen LogP contribution in [0.5, 0.6) is 5.75 Å². The van der Waals surface area contributed by atoms with Gasteiger partial charge in [0.2, 0.25) is 0 Å². The minimum atomic E-state index is -0.483. The van der Waals surface area contributed by atoms with Crippen molar-refractivity contribution in [3.8, 4) is 16.9 Å². The van der Waals surface area contributed by atoms with E-state index >= 15 is 0 Å². The zero-order valence-electron chi connectivity index (χ0n) is 16.1. The van der Waals surface area contributed by atoms with Crippen molar-refractivity contribution in [3.63, 3.8) is 0 Å². The molecule has 0 bridgehead atoms. The zero-order valence-corrected chi connectivity index (χ0v) is 16.1. The summed E-state index contributed by atoms with van der Waals surface area (Å²) in [6.07, 6.45) is 4.82. The van der Waals surface area contributed by atoms with Crippen LogP contribution in [0.2, 0.25) is 0 Å². The SMILES string of the molecule is O=c1cc(-c2ccccc2OCc2ccccc2F)ccn1[C@H]1CCCC[C@@H]1O. The Labute approximate surface area is 169 Å². The Kier molecular flexibility index (Phi) is 5.76. The van der Waals surface area contributed by atoms with Crippen LogP contribution in [0, 0.1) is 5.82 Å². The number of para-hydroxylation sites is 1. The number of aliphatic hydroxyl groups is 1. The van der Waals surface area contributed by atoms with Crippen LogP contribution in [-0.2, 0) is 6.61 Å². The van der Waals surface area contributed by atoms with Crippen molar-refractivity contribution in [2.24, 2.45) is 0 Å². The van der Waals surface area contributed by atoms with Gasteiger partial charge in [0.1, 0.15) is 18.2 Å². The van der Waals surface area contributed by atoms with Gasteiger partial charge in [-0.3, -0.25) is 4.79 Å². The van der Waals surface area contributed by atoms with Gasteiger partial charge in [0.15, 0.2) is 0 Å². The standard InChI is InChI=1S/C24H24FNO3/c25-20-9-3-1-7-18(20)16-29-23-12-6-2-8-19(23)17-13-14-26(24(28)15-17)21-10-4-5-11-22(21)27/h1-3,6-9,12-15,21-22,27H,4-5,10-11,16H2/t21-,22-/m0/s1. The number of ether oxygens (including phenoxy) is 1. The van der Waals surface area contributed by atoms with Crippen LogP contribution in [0.4, 0.5) is 4.39 Å². The van der Waals surface area contributed by atoms with Gasteiger partial charge in [-0.1, -0.05) is 49.2 Å². The van der Waals surface area contributed by atoms with Gasteiger partial charge in [-0.2, -0.15) is 0 Å². The van der Waals surface area contributed by atoms with E-state index in [4.69, 9.17) is 4.74 Å². The summed E-state index contributed by atoms with van der Waals surface area (Å²) < 4.78 is 21.4. The Bertz CT molecular complexity index is 1050. The molecule has 1 heterocycles. The Hall–Kier alpha value is -2.92. The number of hydrogen-bond acceptors (Lipinski definition) is 3. The van der Waals surface area contributed by atoms with E-state index in [0.717, 1.165) is 36.8 Å². The average molecular weight is 393 g/mol. The van der Waals surface area contributed by atoms with Crippen molar-refractivity contribution in [1.82, 2.24) is 4.57 Å². The second-order valence-corrected chi connectivity index (χ2v) is 7.46. The fraction of sp³-hybridized carbons (Fsp3) is 0.292. The van der Waals surface area contributed by atoms with E-state index in [1.165, 1.54) is 6.07 Å². The molecule has 4 nitrogen and oxygen atoms in total. The molecule has 1 aromatic heterocycles. The van der Waals surface area contributed by atoms with Gasteiger partial charge < -0.3 is 14.4 Å². The molecule has 1 saturated carbocycles. The smallest absolute Gasteiger partial charge is 0.251 e. The van der Waals surface area contributed by atoms with Gasteiger partial charge in [0.05, 0.1) is 12.1 Å². The second-order valence-electron chi connectivity index (χ2n) is 7.46. The predicted molar refractivity (Wildman–Crippen MR) is 110 cm³/mol. The lowest BCUT2D eigenvalue weighted by Crippen LogP contribution is -2.34. The molecular weight excluding hydrogens is 369 g/mol. The van der Waals surface area contributed by atoms with Gasteiger partial charge in [0.25, 0.3) is 5.56 Å². The number of aliphatic hydroxyl groups excluding tert-OH is 1. The van der Waals surface area contributed by atoms with Gasteiger partial charge in [-0.25, -0.2) is 4.39 Å². The molecule has 0 aliphatic heterocycles. The molecule has 4 rings (SSSR count). The lowest BCUT2D eigenvalue weighted by atomic mass is 9.92. The Morgan fingerprint density at radius 2 is 1.79 bits per heavy atom. The van der Waals surface area contributed by atoms with Crippen LogP contribution in [0.3, 0.4) is 0 Å². The molecule has 5 heteroatoms. The van der Waals surface area contributed by atoms with Crippen molar-refractivity contribution in [1.29, 1.82) is 0 Å². The van der Waals surface area contributed by atoms with Crippen LogP contribution in [0.1, 0.15) is 37.3 Å². The molecule has 0 saturated heterocycles. The molecule has 2 aromatic carbocycles. The first-order valence-electron chi connectivity index (χ1n) is 9.99. The summed E-state index contributed by atoms with van der Waals surface area (Å²) in [4.78, 5) is 12.8. The van der Waals surface area contributed by atoms with Crippen LogP contribution in [-0.4, -0.2) is 15.8 Å². The van der Waals surface area contributed by atoms with Gasteiger partial charge in [-0.05, 0) is 36.6 Å². The van der Waals surface area contributed by atoms with Crippen molar-refractivity contribution in [2.45, 2.75) is 44.4 Å². The third kappa shape index (κ3) is 4.25. The van der Waals surface area contributed by atoms with Gasteiger partial charge in [-0.15, -0.1) is 0 Å². The summed E-state index contributed by atoms with van der Waals surface area (Å²) >= 11 is 0. The highest BCUT2D eigenvalue weighted by molar-refractivity contribution is 5.69. The summed E-state index contributed by atoms with van der Waals surface area (Å²) in [6.45, 7) is 0.106. The average Bonchev–Trinajstić information content (AvgIpc) is 2.74. The van der Waals surface area contributed by atoms with Crippen molar-refractivity contribution >= 4 is 0 Å². The highest BCUT2D eigenvalue weighted by atomic mass is 19.1. The highest BCUT2D eigenvalue weighted by Gasteiger charge is 2.25. The van der Waals surface area contributed by atoms with Crippen LogP contribution in [0.15, 0.2) is 71.7 Å². The van der Waals surface area contributed by atoms with Crippen LogP contribution in [0.25, 0.3) is 11.1 Å². The molecule has 3 aromatic rings. The van der Waals surface area contributed by atoms with Gasteiger partial charge >= 0.3 is 0 Å². The van der Waals surface area contributed by atoms with Crippen LogP contribution < -0.4 is 10.3 Å². The Balaban J connectivity index is 1.59. The zero-order chi connectivity index (χ0) is 20.2. The van der Waals surface area contributed by atoms with Gasteiger partial charge in [0, 0.05) is 23.4 Å². The largest absolute Gasteiger partial charge is 0.488 e. The molecule has 0 spiro atoms. The predicted octanol–water partition coefficient (Wildman–Crippen LogP) is 4.71. The summed E-state index contributed by atoms with van der Waals surface area (Å²) in [5, 5.41) is 10.3. The fourth-order valence-electron chi connectivity index (χ4n) is 3.95. The van der Waals surface area contributed by atoms with Crippen molar-refractivity contribution in [3.05, 3.63) is 88.6 Å². The number of benzene rings is 2. The van der Waals surface area contributed by atoms with E-state index in [1.807, 2.05) is 30.3 Å². The first-order valence-corrected chi connectivity index (χ1v) is 9.99. The summed E-state index contributed by atoms with van der Waals surface area (Å²) in [6, 6.07) is 17.2. The van der Waals surface area contributed by atoms with E-state index in [1.54, 1.807) is 35.0 Å². The minimum absolute atomic E-state index is 0.106. The molecule has 0 amide bonds. The summed E-state index contributed by atoms with van der Waals surface area (Å²) in [5.74, 6) is 0.282. The number of nitrogens with zero attached hydrogens (tertiary/aromatic N) is 1. The number of halogens is 1. The van der Waals surface area contributed by atoms with E-state index in [0.29, 0.717) is 11.3 Å². The first kappa shape index (κ1) is 19.4. The Morgan fingerprint density at radius 1 is 1.03 bits per heavy atom. The summed E-state index contributed by atoms with van der Waals surface area (Å²) in [7, 11) is 0. The third-order valence-electron chi connectivity index (χ3n) is 5.54. The maximum atomic E-state index is 13.9. The highest BCUT2D eigenvalue weighted by Crippen LogP contribution is 2.31. The maximum absolute atomic E-state index is 13.9. The molecule has 1 aliphatic carbocycles. The monoisotopic (exact) mass is 393 g/mol. The minimum Gasteiger partial charge on any atom is -0.488 e. The number of hydrogen-bond donors (Lipinski definition) is 1. The first-order chi connectivity index (χ1) is 14.1. The number of aromatic nitrogens is 1. The normalized spacial score (nSPS) is 19.1. The molecule has 150 valence electrons. The fourth-order valence-corrected chi connectivity index (χ4v) is 3.95. The number of pyridine rings is 1. The van der Waals surface area contributed by atoms with Crippen molar-refractivity contribution < 1.29 is 14.2 Å². The van der Waals surface area contributed by atoms with E-state index in [2.05, 4.69) is 0 Å². The molecule has 1 N–H and O–H groups in total. The molecule has 0 radical (unpaired) electrons. The van der Waals surface area contributed by atoms with Crippen LogP contribution >= 0.6 is 0 Å². The lowest BCUT2D eigenvalue weighted by Gasteiger charge is -2.29. The van der Waals surface area contributed by atoms with E-state index in [-0.39, 0.29) is 24.0 Å². The van der Waals surface area contributed by atoms with E-state index < -0.39 is 6.10 Å². The molecule has 1 fully saturated rings. The molecule has 29 heavy (non-hydrogen) atoms. The molecular formula is C24H24FNO3. The topological polar surface area (TPSA) is 51.5 Å². The quantitative estimate of drug-likeness (QED) is 0.683. The maximum Gasteiger partial charge on any atom is 0.251 e. The molecule has 0 unspecified atom stereocenters.